The van der Waals surface area contributed by atoms with Crippen LogP contribution < -0.4 is 9.47 Å². The van der Waals surface area contributed by atoms with Crippen LogP contribution in [0, 0.1) is 6.92 Å². The average molecular weight is 406 g/mol. The molecule has 146 valence electrons. The third-order valence-corrected chi connectivity index (χ3v) is 5.36. The number of hydrogen-bond donors (Lipinski definition) is 0. The van der Waals surface area contributed by atoms with Crippen molar-refractivity contribution in [2.45, 2.75) is 13.5 Å². The molecule has 1 aliphatic rings. The number of allylic oxidation sites excluding steroid dienone is 1. The number of methoxy groups -OCH3 is 1. The van der Waals surface area contributed by atoms with Crippen molar-refractivity contribution in [3.63, 3.8) is 0 Å². The summed E-state index contributed by atoms with van der Waals surface area (Å²) in [5.74, 6) is 0.953. The second kappa shape index (κ2) is 7.93. The Morgan fingerprint density at radius 2 is 1.97 bits per heavy atom. The number of carbonyl (C=O) groups excluding carboxylic acids is 2. The highest BCUT2D eigenvalue weighted by molar-refractivity contribution is 7.10. The highest BCUT2D eigenvalue weighted by Crippen LogP contribution is 2.38. The van der Waals surface area contributed by atoms with E-state index in [4.69, 9.17) is 14.2 Å². The van der Waals surface area contributed by atoms with Crippen LogP contribution in [-0.2, 0) is 11.3 Å². The van der Waals surface area contributed by atoms with Gasteiger partial charge in [-0.25, -0.2) is 4.79 Å². The van der Waals surface area contributed by atoms with Gasteiger partial charge in [-0.15, -0.1) is 11.3 Å². The molecule has 5 nitrogen and oxygen atoms in total. The Bertz CT molecular complexity index is 1100. The third kappa shape index (κ3) is 3.93. The fourth-order valence-electron chi connectivity index (χ4n) is 3.08. The number of benzene rings is 2. The van der Waals surface area contributed by atoms with E-state index in [-0.39, 0.29) is 11.8 Å². The SMILES string of the molecule is COC(=O)c1ccc(COc2cc(C)c3c(c2)O/C(=C\c2cccs2)C3=O)cc1. The van der Waals surface area contributed by atoms with Gasteiger partial charge in [0.05, 0.1) is 18.2 Å². The van der Waals surface area contributed by atoms with Gasteiger partial charge in [-0.2, -0.15) is 0 Å². The van der Waals surface area contributed by atoms with Crippen LogP contribution in [0.2, 0.25) is 0 Å². The molecule has 2 heterocycles. The molecule has 2 aromatic carbocycles. The summed E-state index contributed by atoms with van der Waals surface area (Å²) in [5.41, 5.74) is 2.77. The lowest BCUT2D eigenvalue weighted by molar-refractivity contribution is 0.0600. The molecule has 6 heteroatoms. The van der Waals surface area contributed by atoms with Crippen LogP contribution in [-0.4, -0.2) is 18.9 Å². The van der Waals surface area contributed by atoms with Crippen molar-refractivity contribution in [1.29, 1.82) is 0 Å². The predicted molar refractivity (Wildman–Crippen MR) is 111 cm³/mol. The Labute approximate surface area is 172 Å². The molecule has 0 saturated carbocycles. The van der Waals surface area contributed by atoms with Crippen molar-refractivity contribution in [3.05, 3.63) is 86.8 Å². The van der Waals surface area contributed by atoms with E-state index in [9.17, 15) is 9.59 Å². The van der Waals surface area contributed by atoms with Gasteiger partial charge in [0, 0.05) is 17.0 Å². The molecule has 3 aromatic rings. The third-order valence-electron chi connectivity index (χ3n) is 4.54. The van der Waals surface area contributed by atoms with E-state index >= 15 is 0 Å². The number of esters is 1. The fourth-order valence-corrected chi connectivity index (χ4v) is 3.73. The van der Waals surface area contributed by atoms with Crippen molar-refractivity contribution < 1.29 is 23.8 Å². The Hall–Kier alpha value is -3.38. The van der Waals surface area contributed by atoms with Gasteiger partial charge < -0.3 is 14.2 Å². The van der Waals surface area contributed by atoms with Crippen molar-refractivity contribution in [3.8, 4) is 11.5 Å². The first kappa shape index (κ1) is 19.0. The van der Waals surface area contributed by atoms with Gasteiger partial charge in [-0.1, -0.05) is 18.2 Å². The minimum absolute atomic E-state index is 0.115. The van der Waals surface area contributed by atoms with Gasteiger partial charge in [0.1, 0.15) is 18.1 Å². The maximum Gasteiger partial charge on any atom is 0.337 e. The van der Waals surface area contributed by atoms with Gasteiger partial charge in [-0.3, -0.25) is 4.79 Å². The monoisotopic (exact) mass is 406 g/mol. The topological polar surface area (TPSA) is 61.8 Å². The van der Waals surface area contributed by atoms with Crippen molar-refractivity contribution in [1.82, 2.24) is 0 Å². The van der Waals surface area contributed by atoms with E-state index in [2.05, 4.69) is 0 Å². The molecular formula is C23H18O5S. The summed E-state index contributed by atoms with van der Waals surface area (Å²) in [7, 11) is 1.35. The lowest BCUT2D eigenvalue weighted by atomic mass is 10.0. The van der Waals surface area contributed by atoms with Crippen molar-refractivity contribution in [2.24, 2.45) is 0 Å². The molecule has 0 radical (unpaired) electrons. The molecule has 0 saturated heterocycles. The van der Waals surface area contributed by atoms with Gasteiger partial charge in [-0.05, 0) is 47.7 Å². The van der Waals surface area contributed by atoms with Gasteiger partial charge in [0.15, 0.2) is 5.76 Å². The molecule has 0 amide bonds. The summed E-state index contributed by atoms with van der Waals surface area (Å²) >= 11 is 1.55. The largest absolute Gasteiger partial charge is 0.489 e. The van der Waals surface area contributed by atoms with Crippen LogP contribution in [0.15, 0.2) is 59.7 Å². The van der Waals surface area contributed by atoms with Gasteiger partial charge in [0.2, 0.25) is 5.78 Å². The standard InChI is InChI=1S/C23H18O5S/c1-14-10-17(27-13-15-5-7-16(8-6-15)23(25)26-2)11-19-21(14)22(24)20(28-19)12-18-4-3-9-29-18/h3-12H,13H2,1-2H3/b20-12-. The van der Waals surface area contributed by atoms with Crippen LogP contribution in [0.25, 0.3) is 6.08 Å². The van der Waals surface area contributed by atoms with Crippen LogP contribution in [0.3, 0.4) is 0 Å². The summed E-state index contributed by atoms with van der Waals surface area (Å²) in [5, 5.41) is 1.95. The number of thiophene rings is 1. The number of Topliss-reactive ketones (excluding diaryl/α,β-unsaturated/α-hetero) is 1. The molecule has 0 fully saturated rings. The number of fused-ring (bicyclic) bond motifs is 1. The number of carbonyl (C=O) groups is 2. The molecular weight excluding hydrogens is 388 g/mol. The van der Waals surface area contributed by atoms with Crippen LogP contribution >= 0.6 is 11.3 Å². The summed E-state index contributed by atoms with van der Waals surface area (Å²) in [6, 6.07) is 14.4. The van der Waals surface area contributed by atoms with Crippen molar-refractivity contribution >= 4 is 29.2 Å². The van der Waals surface area contributed by atoms with Crippen molar-refractivity contribution in [2.75, 3.05) is 7.11 Å². The fraction of sp³-hybridized carbons (Fsp3) is 0.130. The zero-order valence-corrected chi connectivity index (χ0v) is 16.7. The first-order valence-corrected chi connectivity index (χ1v) is 9.85. The average Bonchev–Trinajstić information content (AvgIpc) is 3.35. The van der Waals surface area contributed by atoms with E-state index in [0.29, 0.717) is 35.0 Å². The number of hydrogen-bond acceptors (Lipinski definition) is 6. The number of aryl methyl sites for hydroxylation is 1. The minimum Gasteiger partial charge on any atom is -0.489 e. The van der Waals surface area contributed by atoms with E-state index in [1.54, 1.807) is 35.6 Å². The molecule has 0 unspecified atom stereocenters. The molecule has 0 bridgehead atoms. The summed E-state index contributed by atoms with van der Waals surface area (Å²) in [6.07, 6.45) is 1.76. The maximum atomic E-state index is 12.7. The summed E-state index contributed by atoms with van der Waals surface area (Å²) in [6.45, 7) is 2.19. The lowest BCUT2D eigenvalue weighted by Gasteiger charge is -2.09. The smallest absolute Gasteiger partial charge is 0.337 e. The number of ether oxygens (including phenoxy) is 3. The van der Waals surface area contributed by atoms with Gasteiger partial charge in [0.25, 0.3) is 0 Å². The van der Waals surface area contributed by atoms with E-state index < -0.39 is 0 Å². The Morgan fingerprint density at radius 1 is 1.17 bits per heavy atom. The molecule has 1 aromatic heterocycles. The lowest BCUT2D eigenvalue weighted by Crippen LogP contribution is -2.02. The molecule has 4 rings (SSSR count). The molecule has 29 heavy (non-hydrogen) atoms. The number of rotatable bonds is 5. The van der Waals surface area contributed by atoms with Crippen LogP contribution in [0.4, 0.5) is 0 Å². The molecule has 0 N–H and O–H groups in total. The van der Waals surface area contributed by atoms with E-state index in [1.165, 1.54) is 7.11 Å². The first-order valence-electron chi connectivity index (χ1n) is 8.97. The van der Waals surface area contributed by atoms with E-state index in [0.717, 1.165) is 16.0 Å². The molecule has 0 aliphatic carbocycles. The second-order valence-electron chi connectivity index (χ2n) is 6.55. The maximum absolute atomic E-state index is 12.7. The van der Waals surface area contributed by atoms with Crippen LogP contribution in [0.1, 0.15) is 36.7 Å². The predicted octanol–water partition coefficient (Wildman–Crippen LogP) is 5.04. The Morgan fingerprint density at radius 3 is 2.66 bits per heavy atom. The highest BCUT2D eigenvalue weighted by atomic mass is 32.1. The summed E-state index contributed by atoms with van der Waals surface area (Å²) in [4.78, 5) is 25.1. The second-order valence-corrected chi connectivity index (χ2v) is 7.52. The normalized spacial score (nSPS) is 13.9. The Kier molecular flexibility index (Phi) is 5.18. The highest BCUT2D eigenvalue weighted by Gasteiger charge is 2.30. The first-order chi connectivity index (χ1) is 14.0. The zero-order valence-electron chi connectivity index (χ0n) is 15.9. The molecule has 0 atom stereocenters. The Balaban J connectivity index is 1.50. The minimum atomic E-state index is -0.375. The summed E-state index contributed by atoms with van der Waals surface area (Å²) < 4.78 is 16.4. The zero-order chi connectivity index (χ0) is 20.4. The quantitative estimate of drug-likeness (QED) is 0.439. The molecule has 0 spiro atoms. The number of ketones is 1. The molecule has 1 aliphatic heterocycles. The van der Waals surface area contributed by atoms with E-state index in [1.807, 2.05) is 42.6 Å². The van der Waals surface area contributed by atoms with Gasteiger partial charge >= 0.3 is 5.97 Å². The van der Waals surface area contributed by atoms with Crippen LogP contribution in [0.5, 0.6) is 11.5 Å².